The van der Waals surface area contributed by atoms with Crippen LogP contribution >= 0.6 is 11.8 Å². The minimum absolute atomic E-state index is 0.0534. The summed E-state index contributed by atoms with van der Waals surface area (Å²) in [6.07, 6.45) is 0. The Bertz CT molecular complexity index is 1200. The van der Waals surface area contributed by atoms with Gasteiger partial charge in [0.2, 0.25) is 5.91 Å². The molecule has 0 aliphatic carbocycles. The van der Waals surface area contributed by atoms with Crippen molar-refractivity contribution in [1.29, 1.82) is 0 Å². The second-order valence-corrected chi connectivity index (χ2v) is 7.93. The molecule has 162 valence electrons. The highest BCUT2D eigenvalue weighted by molar-refractivity contribution is 7.99. The number of benzene rings is 3. The lowest BCUT2D eigenvalue weighted by atomic mass is 10.2. The molecule has 4 rings (SSSR count). The third kappa shape index (κ3) is 5.33. The molecule has 1 aromatic heterocycles. The Morgan fingerprint density at radius 2 is 1.72 bits per heavy atom. The predicted molar refractivity (Wildman–Crippen MR) is 123 cm³/mol. The second-order valence-electron chi connectivity index (χ2n) is 6.99. The molecule has 0 fully saturated rings. The number of hydrogen-bond donors (Lipinski definition) is 1. The van der Waals surface area contributed by atoms with Crippen molar-refractivity contribution in [2.24, 2.45) is 0 Å². The number of aromatic nitrogens is 3. The molecule has 32 heavy (non-hydrogen) atoms. The topological polar surface area (TPSA) is 69.0 Å². The van der Waals surface area contributed by atoms with E-state index in [4.69, 9.17) is 4.74 Å². The molecule has 0 aliphatic heterocycles. The van der Waals surface area contributed by atoms with Crippen LogP contribution in [0.4, 0.5) is 10.1 Å². The van der Waals surface area contributed by atoms with E-state index in [0.29, 0.717) is 11.0 Å². The number of rotatable bonds is 8. The Morgan fingerprint density at radius 1 is 1.00 bits per heavy atom. The molecule has 3 aromatic carbocycles. The van der Waals surface area contributed by atoms with Gasteiger partial charge in [-0.1, -0.05) is 59.8 Å². The van der Waals surface area contributed by atoms with E-state index in [9.17, 15) is 9.18 Å². The largest absolute Gasteiger partial charge is 0.486 e. The zero-order valence-corrected chi connectivity index (χ0v) is 18.2. The van der Waals surface area contributed by atoms with Gasteiger partial charge in [-0.05, 0) is 43.3 Å². The summed E-state index contributed by atoms with van der Waals surface area (Å²) in [6, 6.07) is 23.4. The van der Waals surface area contributed by atoms with Gasteiger partial charge in [-0.2, -0.15) is 0 Å². The number of amides is 1. The first kappa shape index (κ1) is 21.6. The predicted octanol–water partition coefficient (Wildman–Crippen LogP) is 5.02. The Labute approximate surface area is 189 Å². The number of halogens is 1. The lowest BCUT2D eigenvalue weighted by Gasteiger charge is -2.12. The van der Waals surface area contributed by atoms with Crippen molar-refractivity contribution >= 4 is 23.4 Å². The van der Waals surface area contributed by atoms with Crippen LogP contribution in [0.3, 0.4) is 0 Å². The summed E-state index contributed by atoms with van der Waals surface area (Å²) in [5.74, 6) is 0.575. The van der Waals surface area contributed by atoms with Gasteiger partial charge in [-0.15, -0.1) is 10.2 Å². The molecule has 4 aromatic rings. The number of nitrogens with zero attached hydrogens (tertiary/aromatic N) is 3. The number of nitrogens with one attached hydrogen (secondary N) is 1. The van der Waals surface area contributed by atoms with Crippen LogP contribution in [-0.2, 0) is 11.4 Å². The van der Waals surface area contributed by atoms with Gasteiger partial charge in [0.05, 0.1) is 11.4 Å². The minimum atomic E-state index is -0.478. The van der Waals surface area contributed by atoms with Crippen molar-refractivity contribution < 1.29 is 13.9 Å². The first-order valence-electron chi connectivity index (χ1n) is 9.96. The van der Waals surface area contributed by atoms with E-state index < -0.39 is 5.82 Å². The number of carbonyl (C=O) groups is 1. The first-order valence-corrected chi connectivity index (χ1v) is 10.9. The summed E-state index contributed by atoms with van der Waals surface area (Å²) in [5, 5.41) is 11.7. The maximum Gasteiger partial charge on any atom is 0.234 e. The number of para-hydroxylation sites is 2. The number of anilines is 1. The molecule has 0 saturated heterocycles. The normalized spacial score (nSPS) is 10.7. The van der Waals surface area contributed by atoms with Crippen LogP contribution in [0.15, 0.2) is 84.0 Å². The van der Waals surface area contributed by atoms with Gasteiger partial charge in [0.25, 0.3) is 0 Å². The summed E-state index contributed by atoms with van der Waals surface area (Å²) >= 11 is 1.22. The third-order valence-electron chi connectivity index (χ3n) is 4.58. The van der Waals surface area contributed by atoms with Gasteiger partial charge in [-0.25, -0.2) is 4.39 Å². The Hall–Kier alpha value is -3.65. The van der Waals surface area contributed by atoms with Crippen LogP contribution in [0.25, 0.3) is 5.69 Å². The van der Waals surface area contributed by atoms with Crippen molar-refractivity contribution in [3.63, 3.8) is 0 Å². The molecule has 0 saturated carbocycles. The molecule has 0 unspecified atom stereocenters. The SMILES string of the molecule is Cc1ccc(-n2c(COc3ccccc3)nnc2SCC(=O)Nc2ccccc2F)cc1. The van der Waals surface area contributed by atoms with E-state index in [2.05, 4.69) is 15.5 Å². The molecule has 0 spiro atoms. The average Bonchev–Trinajstić information content (AvgIpc) is 3.22. The van der Waals surface area contributed by atoms with E-state index in [1.807, 2.05) is 66.1 Å². The smallest absolute Gasteiger partial charge is 0.234 e. The molecule has 0 aliphatic rings. The van der Waals surface area contributed by atoms with Crippen LogP contribution in [0.1, 0.15) is 11.4 Å². The van der Waals surface area contributed by atoms with E-state index in [-0.39, 0.29) is 24.0 Å². The monoisotopic (exact) mass is 448 g/mol. The number of thioether (sulfide) groups is 1. The fourth-order valence-electron chi connectivity index (χ4n) is 2.98. The van der Waals surface area contributed by atoms with Gasteiger partial charge in [0, 0.05) is 5.69 Å². The molecule has 1 heterocycles. The van der Waals surface area contributed by atoms with Crippen LogP contribution in [0.5, 0.6) is 5.75 Å². The molecule has 1 N–H and O–H groups in total. The summed E-state index contributed by atoms with van der Waals surface area (Å²) < 4.78 is 21.5. The summed E-state index contributed by atoms with van der Waals surface area (Å²) in [6.45, 7) is 2.23. The number of carbonyl (C=O) groups excluding carboxylic acids is 1. The van der Waals surface area contributed by atoms with Gasteiger partial charge in [-0.3, -0.25) is 9.36 Å². The Kier molecular flexibility index (Phi) is 6.81. The van der Waals surface area contributed by atoms with E-state index in [1.165, 1.54) is 23.9 Å². The molecule has 0 radical (unpaired) electrons. The van der Waals surface area contributed by atoms with Crippen molar-refractivity contribution in [3.05, 3.63) is 96.1 Å². The molecule has 1 amide bonds. The summed E-state index contributed by atoms with van der Waals surface area (Å²) in [4.78, 5) is 12.4. The van der Waals surface area contributed by atoms with Gasteiger partial charge in [0.1, 0.15) is 18.2 Å². The highest BCUT2D eigenvalue weighted by Crippen LogP contribution is 2.24. The summed E-state index contributed by atoms with van der Waals surface area (Å²) in [7, 11) is 0. The van der Waals surface area contributed by atoms with Crippen molar-refractivity contribution in [3.8, 4) is 11.4 Å². The Morgan fingerprint density at radius 3 is 2.47 bits per heavy atom. The van der Waals surface area contributed by atoms with Gasteiger partial charge < -0.3 is 10.1 Å². The third-order valence-corrected chi connectivity index (χ3v) is 5.51. The molecule has 6 nitrogen and oxygen atoms in total. The zero-order chi connectivity index (χ0) is 22.3. The lowest BCUT2D eigenvalue weighted by Crippen LogP contribution is -2.15. The van der Waals surface area contributed by atoms with E-state index in [1.54, 1.807) is 12.1 Å². The van der Waals surface area contributed by atoms with Crippen LogP contribution in [-0.4, -0.2) is 26.4 Å². The van der Waals surface area contributed by atoms with E-state index >= 15 is 0 Å². The van der Waals surface area contributed by atoms with Crippen LogP contribution in [0, 0.1) is 12.7 Å². The molecule has 0 bridgehead atoms. The highest BCUT2D eigenvalue weighted by Gasteiger charge is 2.17. The quantitative estimate of drug-likeness (QED) is 0.383. The van der Waals surface area contributed by atoms with Crippen molar-refractivity contribution in [2.75, 3.05) is 11.1 Å². The van der Waals surface area contributed by atoms with Crippen LogP contribution in [0.2, 0.25) is 0 Å². The maximum absolute atomic E-state index is 13.8. The number of ether oxygens (including phenoxy) is 1. The second kappa shape index (κ2) is 10.1. The average molecular weight is 449 g/mol. The number of hydrogen-bond acceptors (Lipinski definition) is 5. The minimum Gasteiger partial charge on any atom is -0.486 e. The van der Waals surface area contributed by atoms with Gasteiger partial charge >= 0.3 is 0 Å². The maximum atomic E-state index is 13.8. The number of aryl methyl sites for hydroxylation is 1. The highest BCUT2D eigenvalue weighted by atomic mass is 32.2. The van der Waals surface area contributed by atoms with Gasteiger partial charge in [0.15, 0.2) is 11.0 Å². The van der Waals surface area contributed by atoms with Crippen LogP contribution < -0.4 is 10.1 Å². The fraction of sp³-hybridized carbons (Fsp3) is 0.125. The van der Waals surface area contributed by atoms with Crippen molar-refractivity contribution in [2.45, 2.75) is 18.7 Å². The molecular formula is C24H21FN4O2S. The standard InChI is InChI=1S/C24H21FN4O2S/c1-17-11-13-18(14-12-17)29-22(15-31-19-7-3-2-4-8-19)27-28-24(29)32-16-23(30)26-21-10-6-5-9-20(21)25/h2-14H,15-16H2,1H3,(H,26,30). The van der Waals surface area contributed by atoms with E-state index in [0.717, 1.165) is 17.0 Å². The molecule has 0 atom stereocenters. The fourth-order valence-corrected chi connectivity index (χ4v) is 3.75. The lowest BCUT2D eigenvalue weighted by molar-refractivity contribution is -0.113. The first-order chi connectivity index (χ1) is 15.6. The zero-order valence-electron chi connectivity index (χ0n) is 17.4. The van der Waals surface area contributed by atoms with Crippen molar-refractivity contribution in [1.82, 2.24) is 14.8 Å². The Balaban J connectivity index is 1.51. The molecular weight excluding hydrogens is 427 g/mol. The molecule has 8 heteroatoms. The summed E-state index contributed by atoms with van der Waals surface area (Å²) in [5.41, 5.74) is 2.14.